The van der Waals surface area contributed by atoms with Gasteiger partial charge in [0.05, 0.1) is 11.4 Å². The average Bonchev–Trinajstić information content (AvgIpc) is 2.35. The third-order valence-electron chi connectivity index (χ3n) is 2.77. The summed E-state index contributed by atoms with van der Waals surface area (Å²) in [4.78, 5) is 1.93. The summed E-state index contributed by atoms with van der Waals surface area (Å²) in [6, 6.07) is 12.4. The molecule has 0 aliphatic rings. The van der Waals surface area contributed by atoms with Gasteiger partial charge in [-0.05, 0) is 24.3 Å². The zero-order chi connectivity index (χ0) is 13.1. The molecule has 0 radical (unpaired) electrons. The zero-order valence-electron chi connectivity index (χ0n) is 10.0. The molecule has 0 aromatic heterocycles. The molecule has 2 rings (SSSR count). The Morgan fingerprint density at radius 3 is 2.67 bits per heavy atom. The van der Waals surface area contributed by atoms with E-state index in [0.29, 0.717) is 17.8 Å². The summed E-state index contributed by atoms with van der Waals surface area (Å²) in [5.74, 6) is -0.196. The van der Waals surface area contributed by atoms with Crippen LogP contribution in [0.1, 0.15) is 5.56 Å². The van der Waals surface area contributed by atoms with Crippen molar-refractivity contribution in [1.29, 1.82) is 0 Å². The lowest BCUT2D eigenvalue weighted by molar-refractivity contribution is 0.608. The molecule has 0 spiro atoms. The van der Waals surface area contributed by atoms with Crippen LogP contribution in [0.3, 0.4) is 0 Å². The van der Waals surface area contributed by atoms with Crippen LogP contribution in [-0.4, -0.2) is 7.05 Å². The van der Waals surface area contributed by atoms with E-state index < -0.39 is 0 Å². The first-order chi connectivity index (χ1) is 8.58. The Morgan fingerprint density at radius 2 is 1.94 bits per heavy atom. The van der Waals surface area contributed by atoms with Gasteiger partial charge in [0.15, 0.2) is 0 Å². The Bertz CT molecular complexity index is 557. The monoisotopic (exact) mass is 308 g/mol. The van der Waals surface area contributed by atoms with Crippen LogP contribution < -0.4 is 10.6 Å². The number of hydrogen-bond donors (Lipinski definition) is 1. The van der Waals surface area contributed by atoms with Crippen molar-refractivity contribution >= 4 is 27.3 Å². The largest absolute Gasteiger partial charge is 0.397 e. The summed E-state index contributed by atoms with van der Waals surface area (Å²) >= 11 is 3.41. The molecular weight excluding hydrogens is 295 g/mol. The van der Waals surface area contributed by atoms with E-state index in [1.165, 1.54) is 6.07 Å². The molecule has 4 heteroatoms. The molecule has 2 aromatic carbocycles. The molecule has 0 heterocycles. The number of anilines is 2. The Hall–Kier alpha value is -1.55. The average molecular weight is 309 g/mol. The molecule has 0 saturated carbocycles. The molecule has 0 bridgehead atoms. The molecule has 94 valence electrons. The fraction of sp³-hybridized carbons (Fsp3) is 0.143. The van der Waals surface area contributed by atoms with Gasteiger partial charge in [-0.2, -0.15) is 0 Å². The smallest absolute Gasteiger partial charge is 0.128 e. The van der Waals surface area contributed by atoms with Crippen LogP contribution in [0.5, 0.6) is 0 Å². The molecule has 18 heavy (non-hydrogen) atoms. The molecule has 2 aromatic rings. The van der Waals surface area contributed by atoms with Crippen molar-refractivity contribution in [2.45, 2.75) is 6.54 Å². The fourth-order valence-electron chi connectivity index (χ4n) is 1.81. The molecule has 0 amide bonds. The van der Waals surface area contributed by atoms with Crippen molar-refractivity contribution in [3.05, 3.63) is 58.3 Å². The lowest BCUT2D eigenvalue weighted by atomic mass is 10.2. The minimum absolute atomic E-state index is 0.196. The van der Waals surface area contributed by atoms with E-state index in [9.17, 15) is 4.39 Å². The van der Waals surface area contributed by atoms with Gasteiger partial charge in [0.1, 0.15) is 5.82 Å². The maximum Gasteiger partial charge on any atom is 0.128 e. The summed E-state index contributed by atoms with van der Waals surface area (Å²) < 4.78 is 14.5. The molecule has 2 nitrogen and oxygen atoms in total. The highest BCUT2D eigenvalue weighted by atomic mass is 79.9. The van der Waals surface area contributed by atoms with E-state index in [4.69, 9.17) is 5.73 Å². The van der Waals surface area contributed by atoms with Gasteiger partial charge in [0.2, 0.25) is 0 Å². The zero-order valence-corrected chi connectivity index (χ0v) is 11.6. The van der Waals surface area contributed by atoms with Gasteiger partial charge in [0, 0.05) is 23.6 Å². The summed E-state index contributed by atoms with van der Waals surface area (Å²) in [6.45, 7) is 0.479. The maximum atomic E-state index is 13.6. The fourth-order valence-corrected chi connectivity index (χ4v) is 2.16. The van der Waals surface area contributed by atoms with Crippen LogP contribution in [0.2, 0.25) is 0 Å². The lowest BCUT2D eigenvalue weighted by Crippen LogP contribution is -2.18. The van der Waals surface area contributed by atoms with E-state index in [1.807, 2.05) is 36.2 Å². The molecule has 0 fully saturated rings. The highest BCUT2D eigenvalue weighted by Crippen LogP contribution is 2.27. The third kappa shape index (κ3) is 2.82. The molecule has 0 atom stereocenters. The number of nitrogens with two attached hydrogens (primary N) is 1. The SMILES string of the molecule is CN(Cc1ccccc1F)c1cc(Br)ccc1N. The van der Waals surface area contributed by atoms with Gasteiger partial charge in [-0.3, -0.25) is 0 Å². The number of hydrogen-bond acceptors (Lipinski definition) is 2. The predicted molar refractivity (Wildman–Crippen MR) is 77.1 cm³/mol. The molecule has 0 aliphatic heterocycles. The Balaban J connectivity index is 2.25. The first-order valence-corrected chi connectivity index (χ1v) is 6.37. The van der Waals surface area contributed by atoms with Gasteiger partial charge in [-0.25, -0.2) is 4.39 Å². The number of benzene rings is 2. The number of nitrogen functional groups attached to an aromatic ring is 1. The normalized spacial score (nSPS) is 10.4. The first-order valence-electron chi connectivity index (χ1n) is 5.57. The predicted octanol–water partition coefficient (Wildman–Crippen LogP) is 3.81. The van der Waals surface area contributed by atoms with E-state index in [1.54, 1.807) is 12.1 Å². The highest BCUT2D eigenvalue weighted by molar-refractivity contribution is 9.10. The summed E-state index contributed by atoms with van der Waals surface area (Å²) in [5.41, 5.74) is 8.14. The first kappa shape index (κ1) is 12.9. The van der Waals surface area contributed by atoms with Crippen LogP contribution >= 0.6 is 15.9 Å². The summed E-state index contributed by atoms with van der Waals surface area (Å²) in [6.07, 6.45) is 0. The molecule has 0 saturated heterocycles. The second-order valence-corrected chi connectivity index (χ2v) is 5.07. The molecule has 2 N–H and O–H groups in total. The molecule has 0 aliphatic carbocycles. The van der Waals surface area contributed by atoms with Gasteiger partial charge in [-0.15, -0.1) is 0 Å². The number of nitrogens with zero attached hydrogens (tertiary/aromatic N) is 1. The topological polar surface area (TPSA) is 29.3 Å². The van der Waals surface area contributed by atoms with Crippen molar-refractivity contribution in [3.63, 3.8) is 0 Å². The standard InChI is InChI=1S/C14H14BrFN2/c1-18(9-10-4-2-3-5-12(10)16)14-8-11(15)6-7-13(14)17/h2-8H,9,17H2,1H3. The summed E-state index contributed by atoms with van der Waals surface area (Å²) in [7, 11) is 1.89. The Morgan fingerprint density at radius 1 is 1.22 bits per heavy atom. The van der Waals surface area contributed by atoms with Crippen molar-refractivity contribution in [2.24, 2.45) is 0 Å². The highest BCUT2D eigenvalue weighted by Gasteiger charge is 2.09. The summed E-state index contributed by atoms with van der Waals surface area (Å²) in [5, 5.41) is 0. The van der Waals surface area contributed by atoms with Crippen molar-refractivity contribution in [2.75, 3.05) is 17.7 Å². The minimum atomic E-state index is -0.196. The van der Waals surface area contributed by atoms with Crippen LogP contribution in [0, 0.1) is 5.82 Å². The third-order valence-corrected chi connectivity index (χ3v) is 3.26. The minimum Gasteiger partial charge on any atom is -0.397 e. The van der Waals surface area contributed by atoms with Crippen molar-refractivity contribution in [3.8, 4) is 0 Å². The van der Waals surface area contributed by atoms with Crippen LogP contribution in [0.4, 0.5) is 15.8 Å². The van der Waals surface area contributed by atoms with Gasteiger partial charge in [0.25, 0.3) is 0 Å². The molecular formula is C14H14BrFN2. The van der Waals surface area contributed by atoms with Crippen molar-refractivity contribution in [1.82, 2.24) is 0 Å². The second kappa shape index (κ2) is 5.40. The Labute approximate surface area is 114 Å². The lowest BCUT2D eigenvalue weighted by Gasteiger charge is -2.21. The quantitative estimate of drug-likeness (QED) is 0.874. The van der Waals surface area contributed by atoms with Crippen LogP contribution in [0.15, 0.2) is 46.9 Å². The van der Waals surface area contributed by atoms with E-state index in [-0.39, 0.29) is 5.82 Å². The van der Waals surface area contributed by atoms with Crippen molar-refractivity contribution < 1.29 is 4.39 Å². The maximum absolute atomic E-state index is 13.6. The molecule has 0 unspecified atom stereocenters. The van der Waals surface area contributed by atoms with Gasteiger partial charge in [-0.1, -0.05) is 34.1 Å². The number of halogens is 2. The Kier molecular flexibility index (Phi) is 3.87. The van der Waals surface area contributed by atoms with Gasteiger partial charge >= 0.3 is 0 Å². The van der Waals surface area contributed by atoms with Gasteiger partial charge < -0.3 is 10.6 Å². The van der Waals surface area contributed by atoms with E-state index >= 15 is 0 Å². The van der Waals surface area contributed by atoms with E-state index in [2.05, 4.69) is 15.9 Å². The van der Waals surface area contributed by atoms with E-state index in [0.717, 1.165) is 10.2 Å². The number of rotatable bonds is 3. The second-order valence-electron chi connectivity index (χ2n) is 4.15. The van der Waals surface area contributed by atoms with Crippen LogP contribution in [0.25, 0.3) is 0 Å². The van der Waals surface area contributed by atoms with Crippen LogP contribution in [-0.2, 0) is 6.54 Å².